The second kappa shape index (κ2) is 11.8. The molecule has 1 aromatic carbocycles. The first kappa shape index (κ1) is 30.7. The Balaban J connectivity index is 1.64. The Hall–Kier alpha value is -2.70. The predicted octanol–water partition coefficient (Wildman–Crippen LogP) is 6.47. The van der Waals surface area contributed by atoms with E-state index >= 15 is 0 Å². The van der Waals surface area contributed by atoms with Crippen LogP contribution in [0, 0.1) is 34.5 Å². The average molecular weight is 577 g/mol. The van der Waals surface area contributed by atoms with Gasteiger partial charge in [-0.3, -0.25) is 9.59 Å². The van der Waals surface area contributed by atoms with E-state index in [1.807, 2.05) is 18.2 Å². The van der Waals surface area contributed by atoms with Crippen LogP contribution in [0.2, 0.25) is 0 Å². The lowest BCUT2D eigenvalue weighted by atomic mass is 9.39. The van der Waals surface area contributed by atoms with Crippen molar-refractivity contribution in [3.63, 3.8) is 0 Å². The maximum atomic E-state index is 12.8. The summed E-state index contributed by atoms with van der Waals surface area (Å²) in [5.41, 5.74) is 3.63. The number of hydrogen-bond donors (Lipinski definition) is 1. The summed E-state index contributed by atoms with van der Waals surface area (Å²) in [6.07, 6.45) is 8.11. The molecule has 1 aromatic rings. The molecular formula is C36H48O6. The Morgan fingerprint density at radius 3 is 2.50 bits per heavy atom. The molecule has 10 unspecified atom stereocenters. The van der Waals surface area contributed by atoms with Crippen molar-refractivity contribution < 1.29 is 28.9 Å². The number of allylic oxidation sites excluding steroid dienone is 2. The van der Waals surface area contributed by atoms with Crippen molar-refractivity contribution in [3.05, 3.63) is 65.8 Å². The summed E-state index contributed by atoms with van der Waals surface area (Å²) in [4.78, 5) is 25.5. The molecule has 0 aromatic heterocycles. The second-order valence-electron chi connectivity index (χ2n) is 13.6. The molecule has 0 bridgehead atoms. The zero-order chi connectivity index (χ0) is 30.4. The molecule has 42 heavy (non-hydrogen) atoms. The molecule has 3 aliphatic carbocycles. The van der Waals surface area contributed by atoms with Gasteiger partial charge in [-0.25, -0.2) is 0 Å². The molecule has 2 fully saturated rings. The van der Waals surface area contributed by atoms with E-state index in [0.717, 1.165) is 36.8 Å². The van der Waals surface area contributed by atoms with Crippen molar-refractivity contribution in [3.8, 4) is 0 Å². The van der Waals surface area contributed by atoms with Gasteiger partial charge in [0.15, 0.2) is 0 Å². The molecule has 5 rings (SSSR count). The van der Waals surface area contributed by atoms with Gasteiger partial charge in [-0.15, -0.1) is 0 Å². The van der Waals surface area contributed by atoms with Crippen LogP contribution in [0.3, 0.4) is 0 Å². The van der Waals surface area contributed by atoms with Gasteiger partial charge in [0.2, 0.25) is 0 Å². The molecule has 0 radical (unpaired) electrons. The van der Waals surface area contributed by atoms with Crippen LogP contribution in [0.15, 0.2) is 54.6 Å². The van der Waals surface area contributed by atoms with E-state index < -0.39 is 35.7 Å². The van der Waals surface area contributed by atoms with Crippen LogP contribution in [0.1, 0.15) is 78.4 Å². The third-order valence-electron chi connectivity index (χ3n) is 11.2. The van der Waals surface area contributed by atoms with Gasteiger partial charge in [0, 0.05) is 31.1 Å². The van der Waals surface area contributed by atoms with Gasteiger partial charge in [0.1, 0.15) is 12.2 Å². The lowest BCUT2D eigenvalue weighted by molar-refractivity contribution is -0.259. The summed E-state index contributed by atoms with van der Waals surface area (Å²) in [6.45, 7) is 16.5. The van der Waals surface area contributed by atoms with E-state index in [2.05, 4.69) is 58.6 Å². The van der Waals surface area contributed by atoms with Crippen LogP contribution in [0.4, 0.5) is 0 Å². The van der Waals surface area contributed by atoms with Crippen LogP contribution >= 0.6 is 0 Å². The number of carbonyl (C=O) groups is 2. The van der Waals surface area contributed by atoms with Crippen LogP contribution in [0.5, 0.6) is 0 Å². The SMILES string of the molecule is C=C(CC1OCC=CC2C1C(OC(C)=O)C(OC(C)=O)C1C2(C)CCC2CC(C)=CC(O)C21C)c1ccccc1CC. The molecule has 228 valence electrons. The molecule has 6 heteroatoms. The number of aryl methyl sites for hydroxylation is 1. The van der Waals surface area contributed by atoms with E-state index in [9.17, 15) is 14.7 Å². The number of ether oxygens (including phenoxy) is 3. The van der Waals surface area contributed by atoms with Crippen molar-refractivity contribution in [2.45, 2.75) is 98.1 Å². The second-order valence-corrected chi connectivity index (χ2v) is 13.6. The minimum atomic E-state index is -0.730. The molecule has 10 atom stereocenters. The number of rotatable bonds is 6. The molecule has 0 saturated heterocycles. The third-order valence-corrected chi connectivity index (χ3v) is 11.2. The summed E-state index contributed by atoms with van der Waals surface area (Å²) < 4.78 is 19.0. The topological polar surface area (TPSA) is 82.1 Å². The number of hydrogen-bond acceptors (Lipinski definition) is 6. The van der Waals surface area contributed by atoms with Crippen LogP contribution in [-0.2, 0) is 30.2 Å². The number of carbonyl (C=O) groups excluding carboxylic acids is 2. The predicted molar refractivity (Wildman–Crippen MR) is 163 cm³/mol. The van der Waals surface area contributed by atoms with Gasteiger partial charge in [-0.2, -0.15) is 0 Å². The molecular weight excluding hydrogens is 528 g/mol. The molecule has 2 saturated carbocycles. The zero-order valence-corrected chi connectivity index (χ0v) is 26.1. The fourth-order valence-corrected chi connectivity index (χ4v) is 9.39. The minimum Gasteiger partial charge on any atom is -0.458 e. The van der Waals surface area contributed by atoms with Crippen molar-refractivity contribution in [2.75, 3.05) is 6.61 Å². The first-order chi connectivity index (χ1) is 19.9. The lowest BCUT2D eigenvalue weighted by Gasteiger charge is -2.67. The van der Waals surface area contributed by atoms with Crippen molar-refractivity contribution >= 4 is 17.5 Å². The number of fused-ring (bicyclic) bond motifs is 5. The Morgan fingerprint density at radius 2 is 1.81 bits per heavy atom. The van der Waals surface area contributed by atoms with Gasteiger partial charge >= 0.3 is 11.9 Å². The van der Waals surface area contributed by atoms with Crippen molar-refractivity contribution in [1.82, 2.24) is 0 Å². The Labute approximate surface area is 251 Å². The quantitative estimate of drug-likeness (QED) is 0.309. The highest BCUT2D eigenvalue weighted by atomic mass is 16.6. The van der Waals surface area contributed by atoms with E-state index in [-0.39, 0.29) is 35.2 Å². The van der Waals surface area contributed by atoms with E-state index in [1.54, 1.807) is 0 Å². The third kappa shape index (κ3) is 5.19. The van der Waals surface area contributed by atoms with Gasteiger partial charge in [-0.1, -0.05) is 75.4 Å². The molecule has 1 aliphatic heterocycles. The highest BCUT2D eigenvalue weighted by Crippen LogP contribution is 2.67. The normalized spacial score (nSPS) is 39.1. The van der Waals surface area contributed by atoms with Gasteiger partial charge in [-0.05, 0) is 73.0 Å². The van der Waals surface area contributed by atoms with Crippen molar-refractivity contribution in [1.29, 1.82) is 0 Å². The van der Waals surface area contributed by atoms with Crippen LogP contribution in [-0.4, -0.2) is 48.1 Å². The smallest absolute Gasteiger partial charge is 0.303 e. The molecule has 4 aliphatic rings. The van der Waals surface area contributed by atoms with Crippen molar-refractivity contribution in [2.24, 2.45) is 34.5 Å². The van der Waals surface area contributed by atoms with E-state index in [1.165, 1.54) is 25.0 Å². The molecule has 6 nitrogen and oxygen atoms in total. The van der Waals surface area contributed by atoms with Gasteiger partial charge in [0.05, 0.1) is 18.8 Å². The zero-order valence-electron chi connectivity index (χ0n) is 26.1. The molecule has 1 N–H and O–H groups in total. The first-order valence-electron chi connectivity index (χ1n) is 15.7. The molecule has 1 heterocycles. The average Bonchev–Trinajstić information content (AvgIpc) is 3.14. The number of esters is 2. The number of aliphatic hydroxyl groups is 1. The fourth-order valence-electron chi connectivity index (χ4n) is 9.39. The summed E-state index contributed by atoms with van der Waals surface area (Å²) in [7, 11) is 0. The van der Waals surface area contributed by atoms with Crippen LogP contribution in [0.25, 0.3) is 5.57 Å². The summed E-state index contributed by atoms with van der Waals surface area (Å²) in [5, 5.41) is 11.7. The Kier molecular flexibility index (Phi) is 8.61. The largest absolute Gasteiger partial charge is 0.458 e. The van der Waals surface area contributed by atoms with E-state index in [4.69, 9.17) is 14.2 Å². The lowest BCUT2D eigenvalue weighted by Crippen LogP contribution is -2.70. The number of aliphatic hydroxyl groups excluding tert-OH is 1. The standard InChI is InChI=1S/C36H48O6/c1-8-25-12-9-10-13-27(25)22(3)20-29-31-28(14-11-17-40-29)35(6)16-15-26-18-21(2)19-30(39)36(26,7)34(35)33(42-24(5)38)32(31)41-23(4)37/h9-14,19,26,28-34,39H,3,8,15-18,20H2,1-2,4-7H3. The highest BCUT2D eigenvalue weighted by Gasteiger charge is 2.69. The molecule has 0 amide bonds. The van der Waals surface area contributed by atoms with Gasteiger partial charge < -0.3 is 19.3 Å². The summed E-state index contributed by atoms with van der Waals surface area (Å²) in [6, 6.07) is 8.33. The maximum absolute atomic E-state index is 12.8. The Morgan fingerprint density at radius 1 is 1.12 bits per heavy atom. The van der Waals surface area contributed by atoms with Gasteiger partial charge in [0.25, 0.3) is 0 Å². The summed E-state index contributed by atoms with van der Waals surface area (Å²) >= 11 is 0. The maximum Gasteiger partial charge on any atom is 0.303 e. The van der Waals surface area contributed by atoms with Crippen LogP contribution < -0.4 is 0 Å². The first-order valence-corrected chi connectivity index (χ1v) is 15.7. The Bertz CT molecular complexity index is 1280. The summed E-state index contributed by atoms with van der Waals surface area (Å²) in [5.74, 6) is -1.11. The monoisotopic (exact) mass is 576 g/mol. The molecule has 0 spiro atoms. The fraction of sp³-hybridized carbons (Fsp3) is 0.611. The van der Waals surface area contributed by atoms with E-state index in [0.29, 0.717) is 13.0 Å². The number of benzene rings is 1. The highest BCUT2D eigenvalue weighted by molar-refractivity contribution is 5.68. The minimum absolute atomic E-state index is 0.0163.